The van der Waals surface area contributed by atoms with Gasteiger partial charge < -0.3 is 4.74 Å². The SMILES string of the molecule is Cc1ccc(CC(Cl)CCC2CCCO2)nc1. The van der Waals surface area contributed by atoms with Crippen molar-refractivity contribution in [1.82, 2.24) is 4.98 Å². The molecule has 0 amide bonds. The Morgan fingerprint density at radius 1 is 1.53 bits per heavy atom. The van der Waals surface area contributed by atoms with Crippen molar-refractivity contribution in [3.05, 3.63) is 29.6 Å². The van der Waals surface area contributed by atoms with Crippen LogP contribution in [-0.2, 0) is 11.2 Å². The van der Waals surface area contributed by atoms with Crippen molar-refractivity contribution in [3.8, 4) is 0 Å². The monoisotopic (exact) mass is 253 g/mol. The predicted octanol–water partition coefficient (Wildman–Crippen LogP) is 3.50. The maximum atomic E-state index is 6.34. The van der Waals surface area contributed by atoms with Crippen LogP contribution in [0.15, 0.2) is 18.3 Å². The summed E-state index contributed by atoms with van der Waals surface area (Å²) in [5.41, 5.74) is 2.28. The highest BCUT2D eigenvalue weighted by Crippen LogP contribution is 2.20. The van der Waals surface area contributed by atoms with E-state index in [1.54, 1.807) is 0 Å². The van der Waals surface area contributed by atoms with Crippen molar-refractivity contribution in [2.45, 2.75) is 50.5 Å². The first-order chi connectivity index (χ1) is 8.24. The second-order valence-electron chi connectivity index (χ2n) is 4.84. The molecule has 1 saturated heterocycles. The molecule has 0 radical (unpaired) electrons. The zero-order valence-corrected chi connectivity index (χ0v) is 11.1. The van der Waals surface area contributed by atoms with Crippen LogP contribution >= 0.6 is 11.6 Å². The second kappa shape index (κ2) is 6.36. The van der Waals surface area contributed by atoms with Crippen molar-refractivity contribution >= 4 is 11.6 Å². The molecule has 94 valence electrons. The average molecular weight is 254 g/mol. The highest BCUT2D eigenvalue weighted by molar-refractivity contribution is 6.20. The topological polar surface area (TPSA) is 22.1 Å². The molecule has 1 aliphatic heterocycles. The third-order valence-corrected chi connectivity index (χ3v) is 3.60. The van der Waals surface area contributed by atoms with Gasteiger partial charge >= 0.3 is 0 Å². The molecule has 0 bridgehead atoms. The zero-order valence-electron chi connectivity index (χ0n) is 10.4. The first-order valence-electron chi connectivity index (χ1n) is 6.41. The predicted molar refractivity (Wildman–Crippen MR) is 70.5 cm³/mol. The van der Waals surface area contributed by atoms with Gasteiger partial charge in [-0.2, -0.15) is 0 Å². The molecule has 3 heteroatoms. The molecular formula is C14H20ClNO. The number of hydrogen-bond acceptors (Lipinski definition) is 2. The minimum Gasteiger partial charge on any atom is -0.378 e. The van der Waals surface area contributed by atoms with Crippen LogP contribution in [0.3, 0.4) is 0 Å². The normalized spacial score (nSPS) is 21.6. The van der Waals surface area contributed by atoms with Crippen molar-refractivity contribution in [2.75, 3.05) is 6.61 Å². The Hall–Kier alpha value is -0.600. The summed E-state index contributed by atoms with van der Waals surface area (Å²) in [6.07, 6.45) is 7.71. The summed E-state index contributed by atoms with van der Waals surface area (Å²) in [5, 5.41) is 0.175. The fourth-order valence-corrected chi connectivity index (χ4v) is 2.47. The number of hydrogen-bond donors (Lipinski definition) is 0. The van der Waals surface area contributed by atoms with Gasteiger partial charge in [-0.15, -0.1) is 11.6 Å². The lowest BCUT2D eigenvalue weighted by Gasteiger charge is -2.12. The Bertz CT molecular complexity index is 333. The van der Waals surface area contributed by atoms with Crippen molar-refractivity contribution in [3.63, 3.8) is 0 Å². The Kier molecular flexibility index (Phi) is 4.81. The van der Waals surface area contributed by atoms with Gasteiger partial charge in [0.25, 0.3) is 0 Å². The Morgan fingerprint density at radius 2 is 2.41 bits per heavy atom. The Balaban J connectivity index is 1.72. The molecule has 2 rings (SSSR count). The van der Waals surface area contributed by atoms with Gasteiger partial charge in [0.1, 0.15) is 0 Å². The number of rotatable bonds is 5. The third kappa shape index (κ3) is 4.29. The van der Waals surface area contributed by atoms with E-state index in [2.05, 4.69) is 17.1 Å². The summed E-state index contributed by atoms with van der Waals surface area (Å²) in [6, 6.07) is 4.16. The van der Waals surface area contributed by atoms with E-state index >= 15 is 0 Å². The Morgan fingerprint density at radius 3 is 3.06 bits per heavy atom. The number of ether oxygens (including phenoxy) is 1. The van der Waals surface area contributed by atoms with E-state index in [9.17, 15) is 0 Å². The van der Waals surface area contributed by atoms with E-state index in [4.69, 9.17) is 16.3 Å². The smallest absolute Gasteiger partial charge is 0.0576 e. The molecule has 1 aromatic rings. The average Bonchev–Trinajstić information content (AvgIpc) is 2.83. The molecular weight excluding hydrogens is 234 g/mol. The summed E-state index contributed by atoms with van der Waals surface area (Å²) < 4.78 is 5.60. The number of aryl methyl sites for hydroxylation is 1. The van der Waals surface area contributed by atoms with Crippen LogP contribution in [0.2, 0.25) is 0 Å². The number of pyridine rings is 1. The summed E-state index contributed by atoms with van der Waals surface area (Å²) in [7, 11) is 0. The van der Waals surface area contributed by atoms with Crippen molar-refractivity contribution in [1.29, 1.82) is 0 Å². The lowest BCUT2D eigenvalue weighted by atomic mass is 10.1. The number of aromatic nitrogens is 1. The second-order valence-corrected chi connectivity index (χ2v) is 5.46. The van der Waals surface area contributed by atoms with Gasteiger partial charge in [-0.3, -0.25) is 4.98 Å². The van der Waals surface area contributed by atoms with Gasteiger partial charge in [0.15, 0.2) is 0 Å². The van der Waals surface area contributed by atoms with Crippen molar-refractivity contribution in [2.24, 2.45) is 0 Å². The number of halogens is 1. The molecule has 1 fully saturated rings. The van der Waals surface area contributed by atoms with Gasteiger partial charge in [0, 0.05) is 30.3 Å². The van der Waals surface area contributed by atoms with Crippen LogP contribution in [0.4, 0.5) is 0 Å². The van der Waals surface area contributed by atoms with Crippen molar-refractivity contribution < 1.29 is 4.74 Å². The van der Waals surface area contributed by atoms with E-state index in [1.165, 1.54) is 18.4 Å². The molecule has 17 heavy (non-hydrogen) atoms. The first kappa shape index (κ1) is 12.8. The van der Waals surface area contributed by atoms with E-state index in [1.807, 2.05) is 13.1 Å². The fraction of sp³-hybridized carbons (Fsp3) is 0.643. The van der Waals surface area contributed by atoms with Crippen LogP contribution in [0, 0.1) is 6.92 Å². The number of alkyl halides is 1. The van der Waals surface area contributed by atoms with Gasteiger partial charge in [0.2, 0.25) is 0 Å². The number of nitrogens with zero attached hydrogens (tertiary/aromatic N) is 1. The zero-order chi connectivity index (χ0) is 12.1. The van der Waals surface area contributed by atoms with Crippen LogP contribution in [0.5, 0.6) is 0 Å². The van der Waals surface area contributed by atoms with Crippen LogP contribution in [-0.4, -0.2) is 23.1 Å². The molecule has 0 saturated carbocycles. The molecule has 2 nitrogen and oxygen atoms in total. The lowest BCUT2D eigenvalue weighted by molar-refractivity contribution is 0.102. The van der Waals surface area contributed by atoms with Crippen LogP contribution < -0.4 is 0 Å². The molecule has 0 aromatic carbocycles. The summed E-state index contributed by atoms with van der Waals surface area (Å²) in [4.78, 5) is 4.38. The summed E-state index contributed by atoms with van der Waals surface area (Å²) in [5.74, 6) is 0. The van der Waals surface area contributed by atoms with E-state index in [0.717, 1.165) is 31.6 Å². The Labute approximate surface area is 108 Å². The highest BCUT2D eigenvalue weighted by atomic mass is 35.5. The van der Waals surface area contributed by atoms with Gasteiger partial charge in [-0.25, -0.2) is 0 Å². The van der Waals surface area contributed by atoms with Crippen LogP contribution in [0.1, 0.15) is 36.9 Å². The van der Waals surface area contributed by atoms with E-state index in [0.29, 0.717) is 6.10 Å². The fourth-order valence-electron chi connectivity index (χ4n) is 2.19. The van der Waals surface area contributed by atoms with Gasteiger partial charge in [-0.05, 0) is 44.2 Å². The minimum atomic E-state index is 0.175. The summed E-state index contributed by atoms with van der Waals surface area (Å²) >= 11 is 6.34. The third-order valence-electron chi connectivity index (χ3n) is 3.23. The largest absolute Gasteiger partial charge is 0.378 e. The molecule has 0 spiro atoms. The molecule has 0 N–H and O–H groups in total. The lowest BCUT2D eigenvalue weighted by Crippen LogP contribution is -2.11. The molecule has 2 atom stereocenters. The molecule has 2 unspecified atom stereocenters. The van der Waals surface area contributed by atoms with Crippen LogP contribution in [0.25, 0.3) is 0 Å². The van der Waals surface area contributed by atoms with Gasteiger partial charge in [-0.1, -0.05) is 6.07 Å². The molecule has 0 aliphatic carbocycles. The first-order valence-corrected chi connectivity index (χ1v) is 6.85. The minimum absolute atomic E-state index is 0.175. The maximum Gasteiger partial charge on any atom is 0.0576 e. The summed E-state index contributed by atoms with van der Waals surface area (Å²) in [6.45, 7) is 2.98. The highest BCUT2D eigenvalue weighted by Gasteiger charge is 2.17. The van der Waals surface area contributed by atoms with E-state index in [-0.39, 0.29) is 5.38 Å². The molecule has 1 aliphatic rings. The standard InChI is InChI=1S/C14H20ClNO/c1-11-4-6-13(16-10-11)9-12(15)5-7-14-3-2-8-17-14/h4,6,10,12,14H,2-3,5,7-9H2,1H3. The quantitative estimate of drug-likeness (QED) is 0.750. The van der Waals surface area contributed by atoms with Gasteiger partial charge in [0.05, 0.1) is 6.10 Å². The molecule has 2 heterocycles. The molecule has 1 aromatic heterocycles. The van der Waals surface area contributed by atoms with E-state index < -0.39 is 0 Å². The maximum absolute atomic E-state index is 6.34.